The Morgan fingerprint density at radius 2 is 2.21 bits per heavy atom. The van der Waals surface area contributed by atoms with Crippen molar-refractivity contribution in [3.05, 3.63) is 5.82 Å². The first-order valence-electron chi connectivity index (χ1n) is 4.89. The predicted octanol–water partition coefficient (Wildman–Crippen LogP) is 0.849. The van der Waals surface area contributed by atoms with Crippen LogP contribution in [0.5, 0.6) is 6.08 Å². The lowest BCUT2D eigenvalue weighted by atomic mass is 9.85. The average molecular weight is 197 g/mol. The standard InChI is InChI=1S/C9H15N3O2/c1-13-8-11-7(12-14-8)9(6-10)4-2-3-5-9/h2-6,10H2,1H3. The third-order valence-electron chi connectivity index (χ3n) is 3.01. The van der Waals surface area contributed by atoms with Gasteiger partial charge in [-0.3, -0.25) is 4.52 Å². The Balaban J connectivity index is 2.26. The van der Waals surface area contributed by atoms with E-state index < -0.39 is 0 Å². The highest BCUT2D eigenvalue weighted by atomic mass is 16.6. The Morgan fingerprint density at radius 3 is 2.71 bits per heavy atom. The maximum Gasteiger partial charge on any atom is 0.417 e. The fraction of sp³-hybridized carbons (Fsp3) is 0.778. The Bertz CT molecular complexity index is 305. The van der Waals surface area contributed by atoms with E-state index in [1.54, 1.807) is 0 Å². The molecule has 0 spiro atoms. The van der Waals surface area contributed by atoms with Crippen LogP contribution in [0.3, 0.4) is 0 Å². The van der Waals surface area contributed by atoms with E-state index in [1.807, 2.05) is 0 Å². The molecule has 5 heteroatoms. The molecule has 1 aromatic rings. The van der Waals surface area contributed by atoms with Crippen LogP contribution in [0.25, 0.3) is 0 Å². The van der Waals surface area contributed by atoms with E-state index in [-0.39, 0.29) is 11.5 Å². The largest absolute Gasteiger partial charge is 0.452 e. The van der Waals surface area contributed by atoms with E-state index in [2.05, 4.69) is 10.1 Å². The highest BCUT2D eigenvalue weighted by Crippen LogP contribution is 2.39. The minimum absolute atomic E-state index is 0.0692. The highest BCUT2D eigenvalue weighted by molar-refractivity contribution is 5.11. The Kier molecular flexibility index (Phi) is 2.41. The van der Waals surface area contributed by atoms with Gasteiger partial charge in [0.15, 0.2) is 5.82 Å². The summed E-state index contributed by atoms with van der Waals surface area (Å²) >= 11 is 0. The average Bonchev–Trinajstić information content (AvgIpc) is 2.87. The molecule has 0 bridgehead atoms. The van der Waals surface area contributed by atoms with Gasteiger partial charge in [0.1, 0.15) is 0 Å². The molecular weight excluding hydrogens is 182 g/mol. The smallest absolute Gasteiger partial charge is 0.417 e. The summed E-state index contributed by atoms with van der Waals surface area (Å²) in [6, 6.07) is 0. The summed E-state index contributed by atoms with van der Waals surface area (Å²) in [5.41, 5.74) is 5.72. The molecule has 0 unspecified atom stereocenters. The Hall–Kier alpha value is -1.10. The monoisotopic (exact) mass is 197 g/mol. The summed E-state index contributed by atoms with van der Waals surface area (Å²) in [5.74, 6) is 0.703. The quantitative estimate of drug-likeness (QED) is 0.777. The van der Waals surface area contributed by atoms with E-state index in [9.17, 15) is 0 Å². The minimum atomic E-state index is -0.0692. The molecule has 0 amide bonds. The van der Waals surface area contributed by atoms with Crippen LogP contribution in [0.4, 0.5) is 0 Å². The molecule has 0 radical (unpaired) electrons. The van der Waals surface area contributed by atoms with Crippen molar-refractivity contribution < 1.29 is 9.26 Å². The summed E-state index contributed by atoms with van der Waals surface area (Å²) in [6.07, 6.45) is 4.69. The van der Waals surface area contributed by atoms with Crippen LogP contribution in [0.2, 0.25) is 0 Å². The molecule has 14 heavy (non-hydrogen) atoms. The Labute approximate surface area is 82.6 Å². The predicted molar refractivity (Wildman–Crippen MR) is 50.1 cm³/mol. The maximum atomic E-state index is 5.79. The van der Waals surface area contributed by atoms with Crippen LogP contribution in [0.1, 0.15) is 31.5 Å². The van der Waals surface area contributed by atoms with Crippen LogP contribution in [0.15, 0.2) is 4.52 Å². The molecule has 78 valence electrons. The van der Waals surface area contributed by atoms with E-state index in [0.717, 1.165) is 12.8 Å². The summed E-state index contributed by atoms with van der Waals surface area (Å²) < 4.78 is 9.78. The van der Waals surface area contributed by atoms with Gasteiger partial charge in [-0.2, -0.15) is 4.98 Å². The summed E-state index contributed by atoms with van der Waals surface area (Å²) in [6.45, 7) is 0.579. The first kappa shape index (κ1) is 9.45. The zero-order valence-electron chi connectivity index (χ0n) is 8.32. The zero-order valence-corrected chi connectivity index (χ0v) is 8.32. The lowest BCUT2D eigenvalue weighted by molar-refractivity contribution is 0.248. The van der Waals surface area contributed by atoms with Crippen molar-refractivity contribution in [3.8, 4) is 6.08 Å². The summed E-state index contributed by atoms with van der Waals surface area (Å²) in [4.78, 5) is 4.17. The molecule has 0 saturated heterocycles. The van der Waals surface area contributed by atoms with Gasteiger partial charge in [0.2, 0.25) is 0 Å². The van der Waals surface area contributed by atoms with Crippen molar-refractivity contribution in [1.29, 1.82) is 0 Å². The number of hydrogen-bond donors (Lipinski definition) is 1. The van der Waals surface area contributed by atoms with E-state index in [1.165, 1.54) is 20.0 Å². The normalized spacial score (nSPS) is 19.9. The molecule has 1 heterocycles. The molecule has 0 aromatic carbocycles. The number of ether oxygens (including phenoxy) is 1. The molecule has 1 aromatic heterocycles. The SMILES string of the molecule is COc1nc(C2(CN)CCCC2)no1. The van der Waals surface area contributed by atoms with Gasteiger partial charge < -0.3 is 10.5 Å². The molecule has 1 saturated carbocycles. The van der Waals surface area contributed by atoms with Gasteiger partial charge in [0.25, 0.3) is 0 Å². The van der Waals surface area contributed by atoms with E-state index in [4.69, 9.17) is 15.0 Å². The number of methoxy groups -OCH3 is 1. The summed E-state index contributed by atoms with van der Waals surface area (Å²) in [7, 11) is 1.51. The topological polar surface area (TPSA) is 74.2 Å². The van der Waals surface area contributed by atoms with Gasteiger partial charge in [-0.05, 0) is 12.8 Å². The molecular formula is C9H15N3O2. The molecule has 1 fully saturated rings. The van der Waals surface area contributed by atoms with Crippen molar-refractivity contribution in [2.45, 2.75) is 31.1 Å². The van der Waals surface area contributed by atoms with Crippen LogP contribution in [-0.2, 0) is 5.41 Å². The molecule has 5 nitrogen and oxygen atoms in total. The second kappa shape index (κ2) is 3.57. The van der Waals surface area contributed by atoms with Crippen molar-refractivity contribution in [2.24, 2.45) is 5.73 Å². The van der Waals surface area contributed by atoms with Crippen LogP contribution >= 0.6 is 0 Å². The van der Waals surface area contributed by atoms with Crippen LogP contribution < -0.4 is 10.5 Å². The van der Waals surface area contributed by atoms with Gasteiger partial charge in [-0.25, -0.2) is 0 Å². The number of hydrogen-bond acceptors (Lipinski definition) is 5. The van der Waals surface area contributed by atoms with Crippen LogP contribution in [0, 0.1) is 0 Å². The third kappa shape index (κ3) is 1.37. The fourth-order valence-electron chi connectivity index (χ4n) is 2.08. The second-order valence-corrected chi connectivity index (χ2v) is 3.78. The van der Waals surface area contributed by atoms with Crippen LogP contribution in [-0.4, -0.2) is 23.8 Å². The van der Waals surface area contributed by atoms with Crippen molar-refractivity contribution >= 4 is 0 Å². The summed E-state index contributed by atoms with van der Waals surface area (Å²) in [5, 5.41) is 3.92. The van der Waals surface area contributed by atoms with Crippen molar-refractivity contribution in [3.63, 3.8) is 0 Å². The number of nitrogens with two attached hydrogens (primary N) is 1. The number of aromatic nitrogens is 2. The van der Waals surface area contributed by atoms with Gasteiger partial charge in [0, 0.05) is 12.0 Å². The lowest BCUT2D eigenvalue weighted by Gasteiger charge is -2.21. The number of rotatable bonds is 3. The molecule has 2 N–H and O–H groups in total. The maximum absolute atomic E-state index is 5.79. The molecule has 1 aliphatic rings. The first-order valence-corrected chi connectivity index (χ1v) is 4.89. The van der Waals surface area contributed by atoms with E-state index in [0.29, 0.717) is 12.4 Å². The van der Waals surface area contributed by atoms with Gasteiger partial charge in [-0.15, -0.1) is 0 Å². The number of nitrogens with zero attached hydrogens (tertiary/aromatic N) is 2. The third-order valence-corrected chi connectivity index (χ3v) is 3.01. The van der Waals surface area contributed by atoms with Gasteiger partial charge in [0.05, 0.1) is 7.11 Å². The zero-order chi connectivity index (χ0) is 10.0. The van der Waals surface area contributed by atoms with Crippen molar-refractivity contribution in [2.75, 3.05) is 13.7 Å². The van der Waals surface area contributed by atoms with Gasteiger partial charge >= 0.3 is 6.08 Å². The molecule has 1 aliphatic carbocycles. The van der Waals surface area contributed by atoms with Gasteiger partial charge in [-0.1, -0.05) is 18.0 Å². The lowest BCUT2D eigenvalue weighted by Crippen LogP contribution is -2.33. The molecule has 2 rings (SSSR count). The van der Waals surface area contributed by atoms with E-state index >= 15 is 0 Å². The second-order valence-electron chi connectivity index (χ2n) is 3.78. The fourth-order valence-corrected chi connectivity index (χ4v) is 2.08. The highest BCUT2D eigenvalue weighted by Gasteiger charge is 2.38. The molecule has 0 atom stereocenters. The molecule has 0 aliphatic heterocycles. The van der Waals surface area contributed by atoms with Crippen molar-refractivity contribution in [1.82, 2.24) is 10.1 Å². The minimum Gasteiger partial charge on any atom is -0.452 e. The first-order chi connectivity index (χ1) is 6.80. The Morgan fingerprint density at radius 1 is 1.50 bits per heavy atom.